The zero-order valence-corrected chi connectivity index (χ0v) is 18.1. The fraction of sp³-hybridized carbons (Fsp3) is 0.867. The molecule has 0 fully saturated rings. The Morgan fingerprint density at radius 1 is 0.630 bits per heavy atom. The standard InChI is InChI=1S/C15H30O10P2/c1-5-22-26(18,23-6-2)12-14(16)20-10-9-11-21-15(17)13-27(19,24-7-3)25-8-4/h5-13H2,1-4H3. The molecule has 0 unspecified atom stereocenters. The number of hydrogen-bond donors (Lipinski definition) is 0. The molecule has 0 N–H and O–H groups in total. The molecule has 0 aliphatic rings. The molecule has 0 spiro atoms. The molecule has 27 heavy (non-hydrogen) atoms. The van der Waals surface area contributed by atoms with Crippen molar-refractivity contribution in [1.82, 2.24) is 0 Å². The van der Waals surface area contributed by atoms with Crippen LogP contribution in [-0.4, -0.2) is 63.9 Å². The van der Waals surface area contributed by atoms with Crippen LogP contribution in [0.1, 0.15) is 34.1 Å². The van der Waals surface area contributed by atoms with Crippen LogP contribution in [0.3, 0.4) is 0 Å². The number of rotatable bonds is 16. The molecule has 12 heteroatoms. The summed E-state index contributed by atoms with van der Waals surface area (Å²) in [5.41, 5.74) is 0. The molecule has 10 nitrogen and oxygen atoms in total. The van der Waals surface area contributed by atoms with Crippen molar-refractivity contribution in [1.29, 1.82) is 0 Å². The van der Waals surface area contributed by atoms with Crippen LogP contribution < -0.4 is 0 Å². The van der Waals surface area contributed by atoms with E-state index < -0.39 is 39.5 Å². The lowest BCUT2D eigenvalue weighted by Gasteiger charge is -2.16. The quantitative estimate of drug-likeness (QED) is 0.204. The van der Waals surface area contributed by atoms with Gasteiger partial charge >= 0.3 is 27.1 Å². The Kier molecular flexibility index (Phi) is 13.9. The van der Waals surface area contributed by atoms with Gasteiger partial charge in [-0.05, 0) is 27.7 Å². The highest BCUT2D eigenvalue weighted by Gasteiger charge is 2.29. The van der Waals surface area contributed by atoms with E-state index in [4.69, 9.17) is 27.6 Å². The second-order valence-electron chi connectivity index (χ2n) is 5.00. The van der Waals surface area contributed by atoms with Crippen LogP contribution in [0.4, 0.5) is 0 Å². The van der Waals surface area contributed by atoms with Gasteiger partial charge in [-0.15, -0.1) is 0 Å². The van der Waals surface area contributed by atoms with E-state index >= 15 is 0 Å². The molecular weight excluding hydrogens is 402 g/mol. The summed E-state index contributed by atoms with van der Waals surface area (Å²) in [6.45, 7) is 7.06. The van der Waals surface area contributed by atoms with Gasteiger partial charge in [0.1, 0.15) is 12.3 Å². The Labute approximate surface area is 160 Å². The van der Waals surface area contributed by atoms with Crippen molar-refractivity contribution in [3.05, 3.63) is 0 Å². The topological polar surface area (TPSA) is 124 Å². The van der Waals surface area contributed by atoms with Crippen molar-refractivity contribution >= 4 is 27.1 Å². The molecule has 0 aromatic carbocycles. The van der Waals surface area contributed by atoms with Gasteiger partial charge in [0.25, 0.3) is 0 Å². The second kappa shape index (κ2) is 14.3. The van der Waals surface area contributed by atoms with Crippen LogP contribution in [0, 0.1) is 0 Å². The van der Waals surface area contributed by atoms with Gasteiger partial charge in [0.15, 0.2) is 0 Å². The van der Waals surface area contributed by atoms with E-state index in [2.05, 4.69) is 0 Å². The molecule has 0 heterocycles. The summed E-state index contributed by atoms with van der Waals surface area (Å²) < 4.78 is 54.2. The van der Waals surface area contributed by atoms with Crippen LogP contribution in [0.2, 0.25) is 0 Å². The Morgan fingerprint density at radius 2 is 0.926 bits per heavy atom. The maximum absolute atomic E-state index is 12.2. The minimum atomic E-state index is -3.50. The summed E-state index contributed by atoms with van der Waals surface area (Å²) in [5, 5.41) is 0. The van der Waals surface area contributed by atoms with Crippen molar-refractivity contribution in [2.45, 2.75) is 34.1 Å². The molecule has 0 aliphatic carbocycles. The van der Waals surface area contributed by atoms with Gasteiger partial charge in [0.05, 0.1) is 39.6 Å². The third-order valence-electron chi connectivity index (χ3n) is 2.76. The molecule has 0 aromatic rings. The van der Waals surface area contributed by atoms with Crippen molar-refractivity contribution in [3.63, 3.8) is 0 Å². The van der Waals surface area contributed by atoms with Gasteiger partial charge in [-0.25, -0.2) is 0 Å². The van der Waals surface area contributed by atoms with E-state index in [0.717, 1.165) is 0 Å². The monoisotopic (exact) mass is 432 g/mol. The molecule has 0 bridgehead atoms. The smallest absolute Gasteiger partial charge is 0.341 e. The molecule has 0 atom stereocenters. The Bertz CT molecular complexity index is 471. The number of carbonyl (C=O) groups excluding carboxylic acids is 2. The molecule has 160 valence electrons. The number of hydrogen-bond acceptors (Lipinski definition) is 10. The van der Waals surface area contributed by atoms with Crippen molar-refractivity contribution in [3.8, 4) is 0 Å². The first-order valence-electron chi connectivity index (χ1n) is 8.81. The maximum atomic E-state index is 12.2. The molecule has 0 rings (SSSR count). The van der Waals surface area contributed by atoms with Gasteiger partial charge < -0.3 is 27.6 Å². The van der Waals surface area contributed by atoms with Gasteiger partial charge in [-0.3, -0.25) is 18.7 Å². The largest absolute Gasteiger partial charge is 0.465 e. The normalized spacial score (nSPS) is 12.0. The van der Waals surface area contributed by atoms with Gasteiger partial charge in [-0.2, -0.15) is 0 Å². The lowest BCUT2D eigenvalue weighted by Crippen LogP contribution is -2.17. The first kappa shape index (κ1) is 26.2. The van der Waals surface area contributed by atoms with E-state index in [1.165, 1.54) is 0 Å². The highest BCUT2D eigenvalue weighted by Crippen LogP contribution is 2.48. The maximum Gasteiger partial charge on any atom is 0.341 e. The third kappa shape index (κ3) is 12.3. The molecule has 0 amide bonds. The molecule has 0 radical (unpaired) electrons. The summed E-state index contributed by atoms with van der Waals surface area (Å²) in [4.78, 5) is 23.4. The SMILES string of the molecule is CCOP(=O)(CC(=O)OCCCOC(=O)CP(=O)(OCC)OCC)OCC. The lowest BCUT2D eigenvalue weighted by atomic mass is 10.5. The van der Waals surface area contributed by atoms with E-state index in [0.29, 0.717) is 0 Å². The van der Waals surface area contributed by atoms with E-state index in [1.54, 1.807) is 27.7 Å². The van der Waals surface area contributed by atoms with Gasteiger partial charge in [0, 0.05) is 6.42 Å². The van der Waals surface area contributed by atoms with Crippen LogP contribution >= 0.6 is 15.2 Å². The number of ether oxygens (including phenoxy) is 2. The Hall–Kier alpha value is -0.760. The minimum absolute atomic E-state index is 0.0427. The highest BCUT2D eigenvalue weighted by atomic mass is 31.2. The number of carbonyl (C=O) groups is 2. The highest BCUT2D eigenvalue weighted by molar-refractivity contribution is 7.55. The van der Waals surface area contributed by atoms with Gasteiger partial charge in [-0.1, -0.05) is 0 Å². The van der Waals surface area contributed by atoms with E-state index in [1.807, 2.05) is 0 Å². The summed E-state index contributed by atoms with van der Waals surface area (Å²) in [7, 11) is -7.00. The second-order valence-corrected chi connectivity index (χ2v) is 9.11. The van der Waals surface area contributed by atoms with Crippen LogP contribution in [0.15, 0.2) is 0 Å². The predicted molar refractivity (Wildman–Crippen MR) is 98.0 cm³/mol. The van der Waals surface area contributed by atoms with Crippen LogP contribution in [0.25, 0.3) is 0 Å². The van der Waals surface area contributed by atoms with E-state index in [9.17, 15) is 18.7 Å². The minimum Gasteiger partial charge on any atom is -0.465 e. The average molecular weight is 432 g/mol. The van der Waals surface area contributed by atoms with E-state index in [-0.39, 0.29) is 46.1 Å². The zero-order valence-electron chi connectivity index (χ0n) is 16.3. The predicted octanol–water partition coefficient (Wildman–Crippen LogP) is 3.00. The first-order valence-corrected chi connectivity index (χ1v) is 12.3. The summed E-state index contributed by atoms with van der Waals surface area (Å²) >= 11 is 0. The van der Waals surface area contributed by atoms with Crippen molar-refractivity contribution < 1.29 is 46.3 Å². The van der Waals surface area contributed by atoms with Crippen molar-refractivity contribution in [2.24, 2.45) is 0 Å². The fourth-order valence-electron chi connectivity index (χ4n) is 1.88. The fourth-order valence-corrected chi connectivity index (χ4v) is 4.79. The third-order valence-corrected chi connectivity index (χ3v) is 6.66. The zero-order chi connectivity index (χ0) is 20.8. The summed E-state index contributed by atoms with van der Waals surface area (Å²) in [6, 6.07) is 0. The molecular formula is C15H30O10P2. The first-order chi connectivity index (χ1) is 12.7. The Morgan fingerprint density at radius 3 is 1.19 bits per heavy atom. The Balaban J connectivity index is 4.14. The van der Waals surface area contributed by atoms with Crippen LogP contribution in [0.5, 0.6) is 0 Å². The molecule has 0 saturated heterocycles. The molecule has 0 saturated carbocycles. The van der Waals surface area contributed by atoms with Crippen LogP contribution in [-0.2, 0) is 46.3 Å². The lowest BCUT2D eigenvalue weighted by molar-refractivity contribution is -0.143. The molecule has 0 aromatic heterocycles. The number of esters is 2. The average Bonchev–Trinajstić information content (AvgIpc) is 2.54. The summed E-state index contributed by atoms with van der Waals surface area (Å²) in [5.74, 6) is -1.47. The summed E-state index contributed by atoms with van der Waals surface area (Å²) in [6.07, 6.45) is -0.751. The molecule has 0 aliphatic heterocycles. The van der Waals surface area contributed by atoms with Gasteiger partial charge in [0.2, 0.25) is 0 Å². The van der Waals surface area contributed by atoms with Crippen molar-refractivity contribution in [2.75, 3.05) is 52.0 Å².